The number of unbranched alkanes of at least 4 members (excludes halogenated alkanes) is 7. The van der Waals surface area contributed by atoms with Crippen molar-refractivity contribution in [2.24, 2.45) is 0 Å². The molecule has 3 aromatic rings. The van der Waals surface area contributed by atoms with E-state index >= 15 is 0 Å². The molecule has 34 heavy (non-hydrogen) atoms. The molecule has 0 aliphatic heterocycles. The molecule has 4 rings (SSSR count). The van der Waals surface area contributed by atoms with Crippen LogP contribution in [0.3, 0.4) is 0 Å². The van der Waals surface area contributed by atoms with Gasteiger partial charge < -0.3 is 10.1 Å². The van der Waals surface area contributed by atoms with Crippen molar-refractivity contribution < 1.29 is 14.3 Å². The van der Waals surface area contributed by atoms with Gasteiger partial charge in [-0.1, -0.05) is 88.3 Å². The maximum Gasteiger partial charge on any atom is 0.196 e. The molecule has 176 valence electrons. The number of benzene rings is 3. The fourth-order valence-corrected chi connectivity index (χ4v) is 4.47. The van der Waals surface area contributed by atoms with Crippen LogP contribution >= 0.6 is 0 Å². The molecule has 4 heteroatoms. The largest absolute Gasteiger partial charge is 0.494 e. The standard InChI is InChI=1S/C30H33NO3/c1-2-3-4-5-6-7-8-11-21-34-23-19-17-22(18-20-23)31-27-16-12-15-26-28(27)30(33)25-14-10-9-13-24(25)29(26)32/h9-10,12-20,31H,2-8,11,21H2,1H3. The van der Waals surface area contributed by atoms with E-state index in [1.54, 1.807) is 30.3 Å². The summed E-state index contributed by atoms with van der Waals surface area (Å²) >= 11 is 0. The highest BCUT2D eigenvalue weighted by atomic mass is 16.5. The van der Waals surface area contributed by atoms with Crippen LogP contribution in [0.5, 0.6) is 5.75 Å². The number of rotatable bonds is 12. The first-order valence-corrected chi connectivity index (χ1v) is 12.5. The molecule has 0 spiro atoms. The van der Waals surface area contributed by atoms with Crippen molar-refractivity contribution in [3.8, 4) is 5.75 Å². The smallest absolute Gasteiger partial charge is 0.196 e. The molecule has 0 aromatic heterocycles. The molecule has 1 aliphatic carbocycles. The number of anilines is 2. The van der Waals surface area contributed by atoms with Crippen molar-refractivity contribution in [3.63, 3.8) is 0 Å². The number of carbonyl (C=O) groups excluding carboxylic acids is 2. The molecule has 0 saturated carbocycles. The topological polar surface area (TPSA) is 55.4 Å². The number of hydrogen-bond donors (Lipinski definition) is 1. The maximum atomic E-state index is 13.2. The Hall–Kier alpha value is -3.40. The highest BCUT2D eigenvalue weighted by molar-refractivity contribution is 6.30. The Bertz CT molecular complexity index is 1130. The van der Waals surface area contributed by atoms with E-state index in [1.165, 1.54) is 44.9 Å². The lowest BCUT2D eigenvalue weighted by Gasteiger charge is -2.20. The van der Waals surface area contributed by atoms with Gasteiger partial charge >= 0.3 is 0 Å². The summed E-state index contributed by atoms with van der Waals surface area (Å²) in [7, 11) is 0. The lowest BCUT2D eigenvalue weighted by molar-refractivity contribution is 0.0979. The zero-order valence-electron chi connectivity index (χ0n) is 19.9. The van der Waals surface area contributed by atoms with E-state index in [0.29, 0.717) is 27.9 Å². The third-order valence-corrected chi connectivity index (χ3v) is 6.35. The van der Waals surface area contributed by atoms with E-state index in [4.69, 9.17) is 4.74 Å². The molecular formula is C30H33NO3. The average Bonchev–Trinajstić information content (AvgIpc) is 2.87. The van der Waals surface area contributed by atoms with Gasteiger partial charge in [0.15, 0.2) is 11.6 Å². The molecule has 0 atom stereocenters. The third-order valence-electron chi connectivity index (χ3n) is 6.35. The first-order chi connectivity index (χ1) is 16.7. The van der Waals surface area contributed by atoms with Crippen LogP contribution in [0.4, 0.5) is 11.4 Å². The van der Waals surface area contributed by atoms with Crippen molar-refractivity contribution in [1.82, 2.24) is 0 Å². The highest BCUT2D eigenvalue weighted by Crippen LogP contribution is 2.33. The van der Waals surface area contributed by atoms with E-state index in [9.17, 15) is 9.59 Å². The van der Waals surface area contributed by atoms with E-state index in [1.807, 2.05) is 36.4 Å². The average molecular weight is 456 g/mol. The van der Waals surface area contributed by atoms with E-state index in [-0.39, 0.29) is 11.6 Å². The number of nitrogens with one attached hydrogen (secondary N) is 1. The minimum absolute atomic E-state index is 0.112. The lowest BCUT2D eigenvalue weighted by Crippen LogP contribution is -2.22. The van der Waals surface area contributed by atoms with Gasteiger partial charge in [-0.15, -0.1) is 0 Å². The Morgan fingerprint density at radius 1 is 0.647 bits per heavy atom. The second kappa shape index (κ2) is 11.6. The normalized spacial score (nSPS) is 12.3. The Kier molecular flexibility index (Phi) is 8.13. The molecule has 0 fully saturated rings. The fourth-order valence-electron chi connectivity index (χ4n) is 4.47. The van der Waals surface area contributed by atoms with Gasteiger partial charge in [0, 0.05) is 22.4 Å². The van der Waals surface area contributed by atoms with Crippen molar-refractivity contribution in [2.45, 2.75) is 58.3 Å². The Morgan fingerprint density at radius 2 is 1.26 bits per heavy atom. The molecule has 0 amide bonds. The monoisotopic (exact) mass is 455 g/mol. The Morgan fingerprint density at radius 3 is 1.97 bits per heavy atom. The van der Waals surface area contributed by atoms with E-state index < -0.39 is 0 Å². The van der Waals surface area contributed by atoms with Crippen LogP contribution in [0, 0.1) is 0 Å². The third kappa shape index (κ3) is 5.56. The molecule has 4 nitrogen and oxygen atoms in total. The van der Waals surface area contributed by atoms with Gasteiger partial charge in [-0.2, -0.15) is 0 Å². The lowest BCUT2D eigenvalue weighted by atomic mass is 9.83. The second-order valence-corrected chi connectivity index (χ2v) is 8.90. The van der Waals surface area contributed by atoms with Crippen LogP contribution in [0.25, 0.3) is 0 Å². The van der Waals surface area contributed by atoms with Gasteiger partial charge in [-0.25, -0.2) is 0 Å². The van der Waals surface area contributed by atoms with Gasteiger partial charge in [0.1, 0.15) is 5.75 Å². The predicted molar refractivity (Wildman–Crippen MR) is 138 cm³/mol. The van der Waals surface area contributed by atoms with Crippen LogP contribution in [-0.2, 0) is 0 Å². The molecule has 1 N–H and O–H groups in total. The molecule has 0 unspecified atom stereocenters. The first-order valence-electron chi connectivity index (χ1n) is 12.5. The molecule has 3 aromatic carbocycles. The molecule has 1 aliphatic rings. The first kappa shape index (κ1) is 23.7. The number of fused-ring (bicyclic) bond motifs is 2. The number of ether oxygens (including phenoxy) is 1. The molecular weight excluding hydrogens is 422 g/mol. The van der Waals surface area contributed by atoms with E-state index in [2.05, 4.69) is 12.2 Å². The summed E-state index contributed by atoms with van der Waals surface area (Å²) in [6.45, 7) is 2.97. The quantitative estimate of drug-likeness (QED) is 0.222. The predicted octanol–water partition coefficient (Wildman–Crippen LogP) is 7.73. The van der Waals surface area contributed by atoms with E-state index in [0.717, 1.165) is 24.5 Å². The van der Waals surface area contributed by atoms with Gasteiger partial charge in [-0.05, 0) is 36.8 Å². The summed E-state index contributed by atoms with van der Waals surface area (Å²) in [5.74, 6) is 0.598. The molecule has 0 saturated heterocycles. The second-order valence-electron chi connectivity index (χ2n) is 8.90. The van der Waals surface area contributed by atoms with Crippen LogP contribution in [0.15, 0.2) is 66.7 Å². The number of hydrogen-bond acceptors (Lipinski definition) is 4. The number of carbonyl (C=O) groups is 2. The van der Waals surface area contributed by atoms with Crippen LogP contribution in [-0.4, -0.2) is 18.2 Å². The summed E-state index contributed by atoms with van der Waals surface area (Å²) in [5, 5.41) is 3.32. The SMILES string of the molecule is CCCCCCCCCCOc1ccc(Nc2cccc3c2C(=O)c2ccccc2C3=O)cc1. The molecule has 0 bridgehead atoms. The molecule has 0 heterocycles. The summed E-state index contributed by atoms with van der Waals surface area (Å²) in [6.07, 6.45) is 10.2. The summed E-state index contributed by atoms with van der Waals surface area (Å²) in [5.41, 5.74) is 3.28. The zero-order chi connectivity index (χ0) is 23.8. The van der Waals surface area contributed by atoms with Crippen LogP contribution in [0.1, 0.15) is 90.1 Å². The summed E-state index contributed by atoms with van der Waals surface area (Å²) in [6, 6.07) is 20.1. The highest BCUT2D eigenvalue weighted by Gasteiger charge is 2.31. The fraction of sp³-hybridized carbons (Fsp3) is 0.333. The van der Waals surface area contributed by atoms with Gasteiger partial charge in [0.2, 0.25) is 0 Å². The minimum Gasteiger partial charge on any atom is -0.494 e. The van der Waals surface area contributed by atoms with Crippen molar-refractivity contribution in [2.75, 3.05) is 11.9 Å². The van der Waals surface area contributed by atoms with Crippen molar-refractivity contribution in [3.05, 3.63) is 89.0 Å². The number of ketones is 2. The van der Waals surface area contributed by atoms with Crippen LogP contribution in [0.2, 0.25) is 0 Å². The molecule has 0 radical (unpaired) electrons. The Balaban J connectivity index is 1.32. The Labute approximate surface area is 202 Å². The van der Waals surface area contributed by atoms with Crippen molar-refractivity contribution >= 4 is 22.9 Å². The summed E-state index contributed by atoms with van der Waals surface area (Å²) < 4.78 is 5.89. The van der Waals surface area contributed by atoms with Gasteiger partial charge in [0.25, 0.3) is 0 Å². The van der Waals surface area contributed by atoms with Gasteiger partial charge in [0.05, 0.1) is 17.9 Å². The summed E-state index contributed by atoms with van der Waals surface area (Å²) in [4.78, 5) is 26.1. The zero-order valence-corrected chi connectivity index (χ0v) is 19.9. The van der Waals surface area contributed by atoms with Gasteiger partial charge in [-0.3, -0.25) is 9.59 Å². The minimum atomic E-state index is -0.126. The van der Waals surface area contributed by atoms with Crippen molar-refractivity contribution in [1.29, 1.82) is 0 Å². The maximum absolute atomic E-state index is 13.2. The van der Waals surface area contributed by atoms with Crippen LogP contribution < -0.4 is 10.1 Å².